The summed E-state index contributed by atoms with van der Waals surface area (Å²) in [7, 11) is 0. The van der Waals surface area contributed by atoms with Crippen molar-refractivity contribution >= 4 is 5.97 Å². The van der Waals surface area contributed by atoms with E-state index in [9.17, 15) is 13.6 Å². The van der Waals surface area contributed by atoms with Crippen molar-refractivity contribution in [2.75, 3.05) is 6.61 Å². The topological polar surface area (TPSA) is 26.3 Å². The van der Waals surface area contributed by atoms with E-state index in [4.69, 9.17) is 4.74 Å². The molecule has 0 heterocycles. The summed E-state index contributed by atoms with van der Waals surface area (Å²) in [6.45, 7) is 0.0918. The number of benzene rings is 1. The van der Waals surface area contributed by atoms with Gasteiger partial charge in [-0.3, -0.25) is 0 Å². The lowest BCUT2D eigenvalue weighted by atomic mass is 10.1. The van der Waals surface area contributed by atoms with Crippen molar-refractivity contribution in [2.45, 2.75) is 25.2 Å². The Hall–Kier alpha value is -1.45. The van der Waals surface area contributed by atoms with Crippen molar-refractivity contribution < 1.29 is 18.3 Å². The van der Waals surface area contributed by atoms with Crippen molar-refractivity contribution in [3.05, 3.63) is 35.9 Å². The Morgan fingerprint density at radius 3 is 2.35 bits per heavy atom. The Bertz CT molecular complexity index is 370. The third-order valence-corrected chi connectivity index (χ3v) is 2.97. The van der Waals surface area contributed by atoms with Crippen LogP contribution in [0.25, 0.3) is 0 Å². The molecule has 3 atom stereocenters. The molecule has 17 heavy (non-hydrogen) atoms. The molecular formula is C13H14F2O2. The maximum Gasteiger partial charge on any atom is 0.338 e. The number of carbonyl (C=O) groups excluding carboxylic acids is 1. The van der Waals surface area contributed by atoms with E-state index in [1.807, 2.05) is 0 Å². The van der Waals surface area contributed by atoms with Crippen LogP contribution in [0.2, 0.25) is 0 Å². The highest BCUT2D eigenvalue weighted by molar-refractivity contribution is 5.89. The quantitative estimate of drug-likeness (QED) is 0.759. The summed E-state index contributed by atoms with van der Waals surface area (Å²) in [5, 5.41) is 0. The van der Waals surface area contributed by atoms with Gasteiger partial charge in [-0.1, -0.05) is 18.2 Å². The predicted octanol–water partition coefficient (Wildman–Crippen LogP) is 2.93. The molecule has 0 aliphatic heterocycles. The van der Waals surface area contributed by atoms with E-state index in [1.54, 1.807) is 30.3 Å². The summed E-state index contributed by atoms with van der Waals surface area (Å²) in [4.78, 5) is 11.6. The summed E-state index contributed by atoms with van der Waals surface area (Å²) >= 11 is 0. The number of hydrogen-bond acceptors (Lipinski definition) is 2. The highest BCUT2D eigenvalue weighted by Gasteiger charge is 2.35. The molecule has 1 aromatic carbocycles. The van der Waals surface area contributed by atoms with Crippen molar-refractivity contribution in [2.24, 2.45) is 5.92 Å². The lowest BCUT2D eigenvalue weighted by Gasteiger charge is -2.09. The highest BCUT2D eigenvalue weighted by Crippen LogP contribution is 2.30. The van der Waals surface area contributed by atoms with Crippen LogP contribution in [0.15, 0.2) is 30.3 Å². The molecule has 0 unspecified atom stereocenters. The second-order valence-electron chi connectivity index (χ2n) is 4.33. The Morgan fingerprint density at radius 1 is 1.18 bits per heavy atom. The van der Waals surface area contributed by atoms with E-state index in [0.717, 1.165) is 0 Å². The zero-order valence-corrected chi connectivity index (χ0v) is 9.31. The first-order valence-corrected chi connectivity index (χ1v) is 5.67. The summed E-state index contributed by atoms with van der Waals surface area (Å²) in [5.74, 6) is -0.643. The van der Waals surface area contributed by atoms with Crippen LogP contribution in [0.4, 0.5) is 8.78 Å². The number of esters is 1. The molecule has 0 radical (unpaired) electrons. The Morgan fingerprint density at radius 2 is 1.76 bits per heavy atom. The van der Waals surface area contributed by atoms with Gasteiger partial charge in [0.1, 0.15) is 12.3 Å². The Labute approximate surface area is 98.6 Å². The fourth-order valence-electron chi connectivity index (χ4n) is 2.02. The molecule has 0 saturated heterocycles. The molecule has 92 valence electrons. The molecule has 2 rings (SSSR count). The molecular weight excluding hydrogens is 226 g/mol. The van der Waals surface area contributed by atoms with Crippen LogP contribution < -0.4 is 0 Å². The number of hydrogen-bond donors (Lipinski definition) is 0. The molecule has 1 aromatic rings. The lowest BCUT2D eigenvalue weighted by molar-refractivity contribution is 0.0436. The second kappa shape index (κ2) is 5.25. The minimum Gasteiger partial charge on any atom is -0.462 e. The molecule has 0 N–H and O–H groups in total. The van der Waals surface area contributed by atoms with Crippen LogP contribution >= 0.6 is 0 Å². The largest absolute Gasteiger partial charge is 0.462 e. The zero-order valence-electron chi connectivity index (χ0n) is 9.31. The summed E-state index contributed by atoms with van der Waals surface area (Å²) in [6.07, 6.45) is -2.53. The van der Waals surface area contributed by atoms with E-state index >= 15 is 0 Å². The second-order valence-corrected chi connectivity index (χ2v) is 4.33. The number of halogens is 2. The van der Waals surface area contributed by atoms with Crippen molar-refractivity contribution in [1.82, 2.24) is 0 Å². The van der Waals surface area contributed by atoms with Gasteiger partial charge in [-0.2, -0.15) is 0 Å². The van der Waals surface area contributed by atoms with Gasteiger partial charge in [-0.05, 0) is 30.9 Å². The van der Waals surface area contributed by atoms with Gasteiger partial charge in [0.25, 0.3) is 0 Å². The van der Waals surface area contributed by atoms with E-state index in [2.05, 4.69) is 0 Å². The molecule has 4 heteroatoms. The van der Waals surface area contributed by atoms with E-state index in [0.29, 0.717) is 5.56 Å². The van der Waals surface area contributed by atoms with Crippen LogP contribution in [-0.2, 0) is 4.74 Å². The van der Waals surface area contributed by atoms with Crippen molar-refractivity contribution in [3.63, 3.8) is 0 Å². The van der Waals surface area contributed by atoms with Gasteiger partial charge in [-0.15, -0.1) is 0 Å². The number of carbonyl (C=O) groups is 1. The standard InChI is InChI=1S/C13H14F2O2/c14-11-6-9(7-12(11)15)8-17-13(16)10-4-2-1-3-5-10/h1-5,9,11-12H,6-8H2/t9-,11-,12+. The van der Waals surface area contributed by atoms with Gasteiger partial charge >= 0.3 is 5.97 Å². The molecule has 1 aliphatic carbocycles. The molecule has 0 amide bonds. The lowest BCUT2D eigenvalue weighted by Crippen LogP contribution is -2.12. The van der Waals surface area contributed by atoms with Gasteiger partial charge < -0.3 is 4.74 Å². The minimum atomic E-state index is -1.41. The van der Waals surface area contributed by atoms with Crippen LogP contribution in [0.1, 0.15) is 23.2 Å². The van der Waals surface area contributed by atoms with Gasteiger partial charge in [0.15, 0.2) is 0 Å². The maximum atomic E-state index is 12.9. The van der Waals surface area contributed by atoms with Crippen LogP contribution in [0.3, 0.4) is 0 Å². The first-order valence-electron chi connectivity index (χ1n) is 5.67. The zero-order chi connectivity index (χ0) is 12.3. The third kappa shape index (κ3) is 3.02. The fraction of sp³-hybridized carbons (Fsp3) is 0.462. The van der Waals surface area contributed by atoms with Crippen LogP contribution in [0, 0.1) is 5.92 Å². The molecule has 0 aromatic heterocycles. The van der Waals surface area contributed by atoms with E-state index in [-0.39, 0.29) is 25.4 Å². The van der Waals surface area contributed by atoms with E-state index in [1.165, 1.54) is 0 Å². The molecule has 1 fully saturated rings. The Balaban J connectivity index is 1.81. The molecule has 1 saturated carbocycles. The normalized spacial score (nSPS) is 28.0. The molecule has 1 aliphatic rings. The number of alkyl halides is 2. The van der Waals surface area contributed by atoms with Crippen molar-refractivity contribution in [1.29, 1.82) is 0 Å². The van der Waals surface area contributed by atoms with Crippen LogP contribution in [-0.4, -0.2) is 24.9 Å². The van der Waals surface area contributed by atoms with Crippen molar-refractivity contribution in [3.8, 4) is 0 Å². The summed E-state index contributed by atoms with van der Waals surface area (Å²) in [6, 6.07) is 8.57. The average Bonchev–Trinajstić information content (AvgIpc) is 2.67. The first-order chi connectivity index (χ1) is 8.16. The monoisotopic (exact) mass is 240 g/mol. The van der Waals surface area contributed by atoms with Gasteiger partial charge in [0, 0.05) is 0 Å². The number of rotatable bonds is 3. The van der Waals surface area contributed by atoms with Crippen LogP contribution in [0.5, 0.6) is 0 Å². The maximum absolute atomic E-state index is 12.9. The predicted molar refractivity (Wildman–Crippen MR) is 59.2 cm³/mol. The summed E-state index contributed by atoms with van der Waals surface area (Å²) < 4.78 is 30.8. The Kier molecular flexibility index (Phi) is 3.71. The fourth-order valence-corrected chi connectivity index (χ4v) is 2.02. The molecule has 2 nitrogen and oxygen atoms in total. The number of ether oxygens (including phenoxy) is 1. The van der Waals surface area contributed by atoms with E-state index < -0.39 is 18.3 Å². The third-order valence-electron chi connectivity index (χ3n) is 2.97. The SMILES string of the molecule is O=C(OC[C@@H]1C[C@@H](F)[C@@H](F)C1)c1ccccc1. The molecule has 0 spiro atoms. The average molecular weight is 240 g/mol. The summed E-state index contributed by atoms with van der Waals surface area (Å²) in [5.41, 5.74) is 0.457. The van der Waals surface area contributed by atoms with Gasteiger partial charge in [0.05, 0.1) is 12.2 Å². The molecule has 0 bridgehead atoms. The minimum absolute atomic E-state index is 0.0918. The highest BCUT2D eigenvalue weighted by atomic mass is 19.2. The van der Waals surface area contributed by atoms with Gasteiger partial charge in [0.2, 0.25) is 0 Å². The smallest absolute Gasteiger partial charge is 0.338 e. The van der Waals surface area contributed by atoms with Gasteiger partial charge in [-0.25, -0.2) is 13.6 Å². The first kappa shape index (κ1) is 12.0.